The van der Waals surface area contributed by atoms with Gasteiger partial charge < -0.3 is 4.74 Å². The van der Waals surface area contributed by atoms with Gasteiger partial charge in [-0.1, -0.05) is 48.9 Å². The summed E-state index contributed by atoms with van der Waals surface area (Å²) in [4.78, 5) is 14.8. The van der Waals surface area contributed by atoms with Crippen LogP contribution in [0.1, 0.15) is 47.6 Å². The first-order chi connectivity index (χ1) is 17.3. The van der Waals surface area contributed by atoms with Gasteiger partial charge in [0.25, 0.3) is 5.91 Å². The molecule has 1 heterocycles. The summed E-state index contributed by atoms with van der Waals surface area (Å²) < 4.78 is 81.7. The van der Waals surface area contributed by atoms with E-state index in [1.165, 1.54) is 29.2 Å². The van der Waals surface area contributed by atoms with E-state index in [0.29, 0.717) is 17.6 Å². The number of halogens is 6. The molecule has 0 radical (unpaired) electrons. The van der Waals surface area contributed by atoms with Crippen LogP contribution in [0.25, 0.3) is 0 Å². The molecule has 0 saturated heterocycles. The van der Waals surface area contributed by atoms with Crippen molar-refractivity contribution >= 4 is 11.6 Å². The molecule has 9 heteroatoms. The van der Waals surface area contributed by atoms with Gasteiger partial charge in [0.05, 0.1) is 11.6 Å². The molecule has 1 aliphatic rings. The highest BCUT2D eigenvalue weighted by Gasteiger charge is 2.37. The molecule has 0 spiro atoms. The Bertz CT molecular complexity index is 1290. The summed E-state index contributed by atoms with van der Waals surface area (Å²) in [5.41, 5.74) is 2.15. The van der Waals surface area contributed by atoms with Crippen molar-refractivity contribution in [1.29, 1.82) is 0 Å². The van der Waals surface area contributed by atoms with Crippen LogP contribution in [0.4, 0.5) is 32.0 Å². The highest BCUT2D eigenvalue weighted by Crippen LogP contribution is 2.41. The van der Waals surface area contributed by atoms with E-state index in [2.05, 4.69) is 4.74 Å². The lowest BCUT2D eigenvalue weighted by molar-refractivity contribution is -0.274. The van der Waals surface area contributed by atoms with Crippen LogP contribution in [0, 0.1) is 6.92 Å². The Hall–Kier alpha value is -3.75. The zero-order chi connectivity index (χ0) is 27.0. The first-order valence-electron chi connectivity index (χ1n) is 11.5. The number of benzene rings is 3. The lowest BCUT2D eigenvalue weighted by atomic mass is 9.92. The number of hydrogen-bond acceptors (Lipinski definition) is 2. The minimum absolute atomic E-state index is 0.0519. The summed E-state index contributed by atoms with van der Waals surface area (Å²) >= 11 is 0. The largest absolute Gasteiger partial charge is 0.573 e. The molecular weight excluding hydrogens is 496 g/mol. The summed E-state index contributed by atoms with van der Waals surface area (Å²) in [6.07, 6.45) is -7.46. The second-order valence-corrected chi connectivity index (χ2v) is 8.99. The molecule has 0 aliphatic carbocycles. The molecule has 3 aromatic rings. The van der Waals surface area contributed by atoms with E-state index < -0.39 is 35.8 Å². The second-order valence-electron chi connectivity index (χ2n) is 8.99. The number of aryl methyl sites for hydroxylation is 1. The molecule has 0 bridgehead atoms. The fourth-order valence-corrected chi connectivity index (χ4v) is 4.35. The van der Waals surface area contributed by atoms with Crippen LogP contribution in [0.3, 0.4) is 0 Å². The van der Waals surface area contributed by atoms with Gasteiger partial charge in [0.1, 0.15) is 5.75 Å². The van der Waals surface area contributed by atoms with Gasteiger partial charge in [-0.05, 0) is 72.9 Å². The van der Waals surface area contributed by atoms with Gasteiger partial charge in [-0.15, -0.1) is 13.2 Å². The van der Waals surface area contributed by atoms with E-state index >= 15 is 0 Å². The number of ether oxygens (including phenoxy) is 1. The third-order valence-corrected chi connectivity index (χ3v) is 6.21. The number of alkyl halides is 6. The molecule has 0 unspecified atom stereocenters. The van der Waals surface area contributed by atoms with Crippen LogP contribution in [0.5, 0.6) is 5.75 Å². The molecule has 0 fully saturated rings. The number of amides is 1. The maximum absolute atomic E-state index is 13.5. The summed E-state index contributed by atoms with van der Waals surface area (Å²) in [5, 5.41) is 0. The maximum atomic E-state index is 13.5. The number of carbonyl (C=O) groups excluding carboxylic acids is 1. The first kappa shape index (κ1) is 26.3. The van der Waals surface area contributed by atoms with Crippen LogP contribution < -0.4 is 9.64 Å². The summed E-state index contributed by atoms with van der Waals surface area (Å²) in [7, 11) is 0. The van der Waals surface area contributed by atoms with Crippen molar-refractivity contribution in [3.8, 4) is 5.75 Å². The number of hydrogen-bond donors (Lipinski definition) is 0. The van der Waals surface area contributed by atoms with Crippen LogP contribution in [0.2, 0.25) is 0 Å². The van der Waals surface area contributed by atoms with E-state index in [1.807, 2.05) is 38.1 Å². The minimum atomic E-state index is -4.90. The average molecular weight is 519 g/mol. The zero-order valence-corrected chi connectivity index (χ0v) is 19.9. The summed E-state index contributed by atoms with van der Waals surface area (Å²) in [5.74, 6) is -0.936. The maximum Gasteiger partial charge on any atom is 0.573 e. The van der Waals surface area contributed by atoms with Crippen molar-refractivity contribution < 1.29 is 35.9 Å². The Morgan fingerprint density at radius 1 is 0.919 bits per heavy atom. The van der Waals surface area contributed by atoms with Crippen molar-refractivity contribution in [3.63, 3.8) is 0 Å². The number of rotatable bonds is 6. The topological polar surface area (TPSA) is 29.5 Å². The van der Waals surface area contributed by atoms with Crippen molar-refractivity contribution in [2.45, 2.75) is 44.8 Å². The monoisotopic (exact) mass is 519 g/mol. The highest BCUT2D eigenvalue weighted by atomic mass is 19.4. The Balaban J connectivity index is 1.70. The molecule has 4 rings (SSSR count). The van der Waals surface area contributed by atoms with E-state index in [9.17, 15) is 31.1 Å². The van der Waals surface area contributed by atoms with Gasteiger partial charge in [-0.2, -0.15) is 13.2 Å². The Kier molecular flexibility index (Phi) is 7.08. The van der Waals surface area contributed by atoms with E-state index in [4.69, 9.17) is 0 Å². The number of carbonyl (C=O) groups is 1. The lowest BCUT2D eigenvalue weighted by Gasteiger charge is -2.26. The van der Waals surface area contributed by atoms with Gasteiger partial charge in [0, 0.05) is 11.3 Å². The minimum Gasteiger partial charge on any atom is -0.406 e. The zero-order valence-electron chi connectivity index (χ0n) is 19.9. The van der Waals surface area contributed by atoms with Gasteiger partial charge in [-0.25, -0.2) is 0 Å². The molecule has 0 saturated carbocycles. The molecule has 0 aromatic heterocycles. The van der Waals surface area contributed by atoms with Crippen molar-refractivity contribution in [3.05, 3.63) is 107 Å². The molecule has 3 nitrogen and oxygen atoms in total. The predicted octanol–water partition coefficient (Wildman–Crippen LogP) is 8.12. The van der Waals surface area contributed by atoms with E-state index in [-0.39, 0.29) is 11.6 Å². The normalized spacial score (nSPS) is 17.1. The van der Waals surface area contributed by atoms with Crippen LogP contribution in [0.15, 0.2) is 84.4 Å². The number of nitrogens with zero attached hydrogens (tertiary/aromatic N) is 1. The number of anilines is 1. The second kappa shape index (κ2) is 9.95. The Morgan fingerprint density at radius 3 is 2.16 bits per heavy atom. The summed E-state index contributed by atoms with van der Waals surface area (Å²) in [6, 6.07) is 16.3. The van der Waals surface area contributed by atoms with Gasteiger partial charge in [0.15, 0.2) is 0 Å². The van der Waals surface area contributed by atoms with Crippen LogP contribution in [-0.4, -0.2) is 12.3 Å². The van der Waals surface area contributed by atoms with E-state index in [0.717, 1.165) is 29.3 Å². The fraction of sp³-hybridized carbons (Fsp3) is 0.250. The Morgan fingerprint density at radius 2 is 1.57 bits per heavy atom. The predicted molar refractivity (Wildman–Crippen MR) is 127 cm³/mol. The van der Waals surface area contributed by atoms with E-state index in [1.54, 1.807) is 12.1 Å². The molecule has 3 aromatic carbocycles. The van der Waals surface area contributed by atoms with Crippen molar-refractivity contribution in [2.75, 3.05) is 4.90 Å². The fourth-order valence-electron chi connectivity index (χ4n) is 4.35. The molecule has 194 valence electrons. The molecule has 1 aliphatic heterocycles. The molecule has 1 amide bonds. The van der Waals surface area contributed by atoms with Gasteiger partial charge >= 0.3 is 12.5 Å². The third kappa shape index (κ3) is 6.15. The van der Waals surface area contributed by atoms with Crippen LogP contribution >= 0.6 is 0 Å². The molecule has 0 N–H and O–H groups in total. The standard InChI is InChI=1S/C28H23F6NO2/c1-17-6-8-19(9-7-17)18(2)14-21-16-25(20-4-3-5-24(15-20)37-28(32,33)34)35(26(21)36)23-12-10-22(11-13-23)27(29,30)31/h3-13,15-16,18,25H,14H2,1-2H3/t18-,25+/m0/s1. The third-order valence-electron chi connectivity index (χ3n) is 6.21. The first-order valence-corrected chi connectivity index (χ1v) is 11.5. The smallest absolute Gasteiger partial charge is 0.406 e. The average Bonchev–Trinajstić information content (AvgIpc) is 3.14. The molecule has 37 heavy (non-hydrogen) atoms. The van der Waals surface area contributed by atoms with Crippen molar-refractivity contribution in [1.82, 2.24) is 0 Å². The molecule has 2 atom stereocenters. The Labute approximate surface area is 210 Å². The summed E-state index contributed by atoms with van der Waals surface area (Å²) in [6.45, 7) is 3.91. The van der Waals surface area contributed by atoms with Gasteiger partial charge in [-0.3, -0.25) is 9.69 Å². The quantitative estimate of drug-likeness (QED) is 0.308. The van der Waals surface area contributed by atoms with Crippen LogP contribution in [-0.2, 0) is 11.0 Å². The van der Waals surface area contributed by atoms with Gasteiger partial charge in [0.2, 0.25) is 0 Å². The lowest BCUT2D eigenvalue weighted by Crippen LogP contribution is -2.30. The highest BCUT2D eigenvalue weighted by molar-refractivity contribution is 6.09. The molecular formula is C28H23F6NO2. The SMILES string of the molecule is Cc1ccc([C@@H](C)CC2=C[C@H](c3cccc(OC(F)(F)F)c3)N(c3ccc(C(F)(F)F)cc3)C2=O)cc1. The van der Waals surface area contributed by atoms with Crippen molar-refractivity contribution in [2.24, 2.45) is 0 Å².